The molecule has 0 aliphatic rings. The Labute approximate surface area is 116 Å². The van der Waals surface area contributed by atoms with Crippen LogP contribution in [0.25, 0.3) is 0 Å². The molecule has 0 fully saturated rings. The van der Waals surface area contributed by atoms with Gasteiger partial charge in [-0.2, -0.15) is 0 Å². The van der Waals surface area contributed by atoms with Crippen molar-refractivity contribution in [3.8, 4) is 0 Å². The minimum atomic E-state index is -1.11. The van der Waals surface area contributed by atoms with E-state index in [1.807, 2.05) is 0 Å². The van der Waals surface area contributed by atoms with Gasteiger partial charge in [-0.3, -0.25) is 0 Å². The van der Waals surface area contributed by atoms with Crippen molar-refractivity contribution in [3.05, 3.63) is 0 Å². The highest BCUT2D eigenvalue weighted by Gasteiger charge is 2.26. The molecule has 4 nitrogen and oxygen atoms in total. The smallest absolute Gasteiger partial charge is 0.0627 e. The van der Waals surface area contributed by atoms with Gasteiger partial charge in [-0.25, -0.2) is 0 Å². The van der Waals surface area contributed by atoms with Crippen molar-refractivity contribution in [1.82, 2.24) is 0 Å². The molecule has 4 N–H and O–H groups in total. The summed E-state index contributed by atoms with van der Waals surface area (Å²) < 4.78 is 0.765. The van der Waals surface area contributed by atoms with Crippen LogP contribution in [-0.2, 0) is 0 Å². The zero-order valence-corrected chi connectivity index (χ0v) is 12.2. The normalized spacial score (nSPS) is 10.6. The Morgan fingerprint density at radius 1 is 1.06 bits per heavy atom. The molecule has 0 aromatic carbocycles. The standard InChI is InChI=1S/C5H12O4.C3H6S4/c6-1-5(2-7,3-8)4-9;4-3(5)1-2-7-6/h6-9H,1-4H2;6H,1-2H2,(H,4,5). The predicted octanol–water partition coefficient (Wildman–Crippen LogP) is 0.154. The number of hydrogen-bond acceptors (Lipinski definition) is 7. The van der Waals surface area contributed by atoms with Gasteiger partial charge in [0, 0.05) is 9.95 Å². The molecule has 0 aliphatic carbocycles. The number of thiocarbonyl (C=S) groups is 1. The van der Waals surface area contributed by atoms with Crippen molar-refractivity contribution in [3.63, 3.8) is 0 Å². The molecule has 0 aromatic heterocycles. The van der Waals surface area contributed by atoms with E-state index in [-0.39, 0.29) is 0 Å². The Balaban J connectivity index is 0. The molecule has 98 valence electrons. The molecule has 0 saturated carbocycles. The average molecular weight is 306 g/mol. The third-order valence-electron chi connectivity index (χ3n) is 1.75. The van der Waals surface area contributed by atoms with E-state index in [1.54, 1.807) is 0 Å². The van der Waals surface area contributed by atoms with Crippen LogP contribution >= 0.6 is 47.3 Å². The Bertz CT molecular complexity index is 158. The molecule has 0 radical (unpaired) electrons. The first kappa shape index (κ1) is 19.3. The van der Waals surface area contributed by atoms with E-state index in [1.165, 1.54) is 10.8 Å². The molecule has 0 spiro atoms. The maximum Gasteiger partial charge on any atom is 0.0627 e. The highest BCUT2D eigenvalue weighted by Crippen LogP contribution is 2.11. The van der Waals surface area contributed by atoms with Gasteiger partial charge in [-0.1, -0.05) is 23.0 Å². The minimum Gasteiger partial charge on any atom is -0.396 e. The van der Waals surface area contributed by atoms with Crippen LogP contribution in [0.3, 0.4) is 0 Å². The summed E-state index contributed by atoms with van der Waals surface area (Å²) in [5, 5.41) is 34.0. The van der Waals surface area contributed by atoms with Gasteiger partial charge in [0.25, 0.3) is 0 Å². The lowest BCUT2D eigenvalue weighted by Crippen LogP contribution is -2.37. The van der Waals surface area contributed by atoms with Crippen LogP contribution in [0.15, 0.2) is 0 Å². The van der Waals surface area contributed by atoms with E-state index in [0.717, 1.165) is 16.4 Å². The summed E-state index contributed by atoms with van der Waals surface area (Å²) in [6.07, 6.45) is 0.882. The van der Waals surface area contributed by atoms with Crippen LogP contribution in [0.5, 0.6) is 0 Å². The maximum atomic E-state index is 8.50. The summed E-state index contributed by atoms with van der Waals surface area (Å²) >= 11 is 12.5. The molecule has 0 aromatic rings. The fraction of sp³-hybridized carbons (Fsp3) is 0.875. The van der Waals surface area contributed by atoms with Gasteiger partial charge in [-0.15, -0.1) is 24.3 Å². The Morgan fingerprint density at radius 3 is 1.50 bits per heavy atom. The zero-order chi connectivity index (χ0) is 13.0. The third kappa shape index (κ3) is 10.2. The Morgan fingerprint density at radius 2 is 1.44 bits per heavy atom. The van der Waals surface area contributed by atoms with Gasteiger partial charge in [-0.05, 0) is 6.42 Å². The van der Waals surface area contributed by atoms with E-state index in [2.05, 4.69) is 36.5 Å². The zero-order valence-electron chi connectivity index (χ0n) is 8.74. The lowest BCUT2D eigenvalue weighted by Gasteiger charge is -2.23. The molecule has 0 amide bonds. The summed E-state index contributed by atoms with van der Waals surface area (Å²) in [4.78, 5) is 0. The van der Waals surface area contributed by atoms with E-state index < -0.39 is 31.8 Å². The van der Waals surface area contributed by atoms with Crippen LogP contribution in [0.4, 0.5) is 0 Å². The van der Waals surface area contributed by atoms with Gasteiger partial charge in [0.1, 0.15) is 0 Å². The van der Waals surface area contributed by atoms with Gasteiger partial charge in [0.2, 0.25) is 0 Å². The van der Waals surface area contributed by atoms with Gasteiger partial charge >= 0.3 is 0 Å². The second-order valence-corrected chi connectivity index (χ2v) is 5.89. The molecule has 0 aliphatic heterocycles. The molecule has 0 atom stereocenters. The number of aliphatic hydroxyl groups is 4. The molecule has 16 heavy (non-hydrogen) atoms. The van der Waals surface area contributed by atoms with Crippen LogP contribution in [0.2, 0.25) is 0 Å². The Kier molecular flexibility index (Phi) is 15.0. The van der Waals surface area contributed by atoms with Crippen molar-refractivity contribution in [2.24, 2.45) is 5.41 Å². The summed E-state index contributed by atoms with van der Waals surface area (Å²) in [5.74, 6) is 0.964. The molecule has 0 bridgehead atoms. The molecule has 0 unspecified atom stereocenters. The van der Waals surface area contributed by atoms with Crippen molar-refractivity contribution in [1.29, 1.82) is 0 Å². The van der Waals surface area contributed by atoms with E-state index in [9.17, 15) is 0 Å². The number of rotatable bonds is 7. The number of thiol groups is 2. The predicted molar refractivity (Wildman–Crippen MR) is 78.4 cm³/mol. The summed E-state index contributed by atoms with van der Waals surface area (Å²) in [6, 6.07) is 0. The lowest BCUT2D eigenvalue weighted by atomic mass is 9.93. The van der Waals surface area contributed by atoms with E-state index >= 15 is 0 Å². The first-order valence-corrected chi connectivity index (χ1v) is 7.33. The van der Waals surface area contributed by atoms with Gasteiger partial charge in [0.05, 0.1) is 31.8 Å². The van der Waals surface area contributed by atoms with Crippen LogP contribution < -0.4 is 0 Å². The highest BCUT2D eigenvalue weighted by molar-refractivity contribution is 8.68. The summed E-state index contributed by atoms with van der Waals surface area (Å²) in [7, 11) is 1.49. The van der Waals surface area contributed by atoms with E-state index in [0.29, 0.717) is 0 Å². The highest BCUT2D eigenvalue weighted by atomic mass is 33.1. The first-order chi connectivity index (χ1) is 7.51. The van der Waals surface area contributed by atoms with Crippen molar-refractivity contribution in [2.75, 3.05) is 32.2 Å². The monoisotopic (exact) mass is 306 g/mol. The SMILES string of the molecule is OCC(CO)(CO)CO.S=C(S)CCSS. The number of aliphatic hydroxyl groups excluding tert-OH is 4. The molecular formula is C8H18O4S4. The van der Waals surface area contributed by atoms with Gasteiger partial charge in [0.15, 0.2) is 0 Å². The fourth-order valence-electron chi connectivity index (χ4n) is 0.433. The fourth-order valence-corrected chi connectivity index (χ4v) is 1.50. The molecule has 0 saturated heterocycles. The second-order valence-electron chi connectivity index (χ2n) is 3.11. The second kappa shape index (κ2) is 12.4. The number of hydrogen-bond donors (Lipinski definition) is 6. The molecular weight excluding hydrogens is 288 g/mol. The first-order valence-electron chi connectivity index (χ1n) is 4.43. The molecule has 0 heterocycles. The quantitative estimate of drug-likeness (QED) is 0.228. The van der Waals surface area contributed by atoms with Crippen molar-refractivity contribution in [2.45, 2.75) is 6.42 Å². The van der Waals surface area contributed by atoms with E-state index in [4.69, 9.17) is 20.4 Å². The molecule has 8 heteroatoms. The lowest BCUT2D eigenvalue weighted by molar-refractivity contribution is -0.0328. The van der Waals surface area contributed by atoms with Crippen LogP contribution in [0.1, 0.15) is 6.42 Å². The third-order valence-corrected chi connectivity index (χ3v) is 3.11. The maximum absolute atomic E-state index is 8.50. The minimum absolute atomic E-state index is 0.406. The van der Waals surface area contributed by atoms with Crippen LogP contribution in [0, 0.1) is 5.41 Å². The average Bonchev–Trinajstić information content (AvgIpc) is 2.31. The summed E-state index contributed by atoms with van der Waals surface area (Å²) in [6.45, 7) is -1.62. The topological polar surface area (TPSA) is 80.9 Å². The largest absolute Gasteiger partial charge is 0.396 e. The van der Waals surface area contributed by atoms with Gasteiger partial charge < -0.3 is 20.4 Å². The Hall–Kier alpha value is 0.980. The summed E-state index contributed by atoms with van der Waals surface area (Å²) in [5.41, 5.74) is -1.11. The van der Waals surface area contributed by atoms with Crippen LogP contribution in [-0.4, -0.2) is 56.8 Å². The van der Waals surface area contributed by atoms with Crippen molar-refractivity contribution >= 4 is 51.5 Å². The van der Waals surface area contributed by atoms with Crippen molar-refractivity contribution < 1.29 is 20.4 Å². The molecule has 0 rings (SSSR count).